The quantitative estimate of drug-likeness (QED) is 0.578. The number of hydrogen-bond acceptors (Lipinski definition) is 5. The predicted molar refractivity (Wildman–Crippen MR) is 117 cm³/mol. The normalized spacial score (nSPS) is 19.1. The monoisotopic (exact) mass is 405 g/mol. The maximum atomic E-state index is 12.0. The van der Waals surface area contributed by atoms with E-state index in [0.717, 1.165) is 49.2 Å². The Kier molecular flexibility index (Phi) is 5.17. The van der Waals surface area contributed by atoms with Gasteiger partial charge >= 0.3 is 0 Å². The number of aromatic nitrogens is 2. The summed E-state index contributed by atoms with van der Waals surface area (Å²) in [6, 6.07) is 10.8. The second-order valence-electron chi connectivity index (χ2n) is 8.46. The smallest absolute Gasteiger partial charge is 0.249 e. The number of phenolic OH excluding ortho intramolecular Hbond substituents is 1. The molecule has 2 aliphatic rings. The number of ether oxygens (including phenoxy) is 1. The molecule has 2 fully saturated rings. The van der Waals surface area contributed by atoms with Crippen molar-refractivity contribution >= 4 is 11.0 Å². The van der Waals surface area contributed by atoms with Gasteiger partial charge in [-0.2, -0.15) is 0 Å². The summed E-state index contributed by atoms with van der Waals surface area (Å²) in [6.45, 7) is 2.55. The molecule has 1 aromatic carbocycles. The van der Waals surface area contributed by atoms with Crippen LogP contribution in [0.2, 0.25) is 0 Å². The first-order valence-corrected chi connectivity index (χ1v) is 10.9. The number of piperidine rings is 1. The standard InChI is InChI=1S/C24H27N3O3/c28-20-4-1-5-21(30-12-10-15-6-7-15)23(20)19-13-18(16-3-2-11-25-14-16)17-8-9-22(29)27-24(17)26-19/h1,4-5,8-9,13,15-16,25,28H,2-3,6-7,10-12,14H2,(H,26,27,29). The van der Waals surface area contributed by atoms with Crippen molar-refractivity contribution in [1.29, 1.82) is 0 Å². The van der Waals surface area contributed by atoms with Crippen LogP contribution in [0.15, 0.2) is 41.2 Å². The first kappa shape index (κ1) is 19.1. The molecular weight excluding hydrogens is 378 g/mol. The number of phenols is 1. The summed E-state index contributed by atoms with van der Waals surface area (Å²) < 4.78 is 6.06. The fourth-order valence-electron chi connectivity index (χ4n) is 4.39. The molecule has 1 saturated carbocycles. The molecule has 2 aromatic heterocycles. The minimum absolute atomic E-state index is 0.136. The van der Waals surface area contributed by atoms with E-state index in [-0.39, 0.29) is 11.3 Å². The Bertz CT molecular complexity index is 1110. The zero-order valence-electron chi connectivity index (χ0n) is 17.0. The molecule has 1 aliphatic heterocycles. The van der Waals surface area contributed by atoms with Gasteiger partial charge in [0, 0.05) is 18.0 Å². The molecule has 5 rings (SSSR count). The van der Waals surface area contributed by atoms with Gasteiger partial charge in [0.15, 0.2) is 0 Å². The van der Waals surface area contributed by atoms with Crippen LogP contribution in [0, 0.1) is 5.92 Å². The van der Waals surface area contributed by atoms with Crippen LogP contribution in [0.3, 0.4) is 0 Å². The summed E-state index contributed by atoms with van der Waals surface area (Å²) in [6.07, 6.45) is 5.80. The number of benzene rings is 1. The number of rotatable bonds is 6. The highest BCUT2D eigenvalue weighted by molar-refractivity contribution is 5.85. The second-order valence-corrected chi connectivity index (χ2v) is 8.46. The van der Waals surface area contributed by atoms with Crippen molar-refractivity contribution in [3.8, 4) is 22.8 Å². The minimum atomic E-state index is -0.182. The van der Waals surface area contributed by atoms with Crippen molar-refractivity contribution in [3.63, 3.8) is 0 Å². The third-order valence-corrected chi connectivity index (χ3v) is 6.21. The number of aromatic amines is 1. The van der Waals surface area contributed by atoms with Gasteiger partial charge in [-0.25, -0.2) is 4.98 Å². The first-order chi connectivity index (χ1) is 14.7. The van der Waals surface area contributed by atoms with Crippen LogP contribution in [0.25, 0.3) is 22.3 Å². The molecule has 1 unspecified atom stereocenters. The first-order valence-electron chi connectivity index (χ1n) is 10.9. The third kappa shape index (κ3) is 3.92. The van der Waals surface area contributed by atoms with Crippen LogP contribution in [0.4, 0.5) is 0 Å². The fraction of sp³-hybridized carbons (Fsp3) is 0.417. The van der Waals surface area contributed by atoms with Crippen LogP contribution in [-0.2, 0) is 0 Å². The number of H-pyrrole nitrogens is 1. The third-order valence-electron chi connectivity index (χ3n) is 6.21. The molecule has 0 amide bonds. The number of hydrogen-bond donors (Lipinski definition) is 3. The lowest BCUT2D eigenvalue weighted by atomic mass is 9.89. The lowest BCUT2D eigenvalue weighted by molar-refractivity contribution is 0.302. The molecule has 1 saturated heterocycles. The van der Waals surface area contributed by atoms with E-state index in [9.17, 15) is 9.90 Å². The Morgan fingerprint density at radius 2 is 2.07 bits per heavy atom. The Labute approximate surface area is 175 Å². The van der Waals surface area contributed by atoms with Gasteiger partial charge in [0.05, 0.1) is 17.9 Å². The molecule has 1 atom stereocenters. The summed E-state index contributed by atoms with van der Waals surface area (Å²) in [5, 5.41) is 15.1. The predicted octanol–water partition coefficient (Wildman–Crippen LogP) is 3.94. The number of fused-ring (bicyclic) bond motifs is 1. The molecule has 3 aromatic rings. The Morgan fingerprint density at radius 1 is 1.17 bits per heavy atom. The molecular formula is C24H27N3O3. The van der Waals surface area contributed by atoms with Gasteiger partial charge in [0.2, 0.25) is 5.56 Å². The van der Waals surface area contributed by atoms with Crippen molar-refractivity contribution in [2.45, 2.75) is 38.0 Å². The van der Waals surface area contributed by atoms with E-state index in [4.69, 9.17) is 9.72 Å². The Morgan fingerprint density at radius 3 is 2.87 bits per heavy atom. The van der Waals surface area contributed by atoms with Crippen LogP contribution >= 0.6 is 0 Å². The van der Waals surface area contributed by atoms with Crippen molar-refractivity contribution < 1.29 is 9.84 Å². The van der Waals surface area contributed by atoms with E-state index in [1.165, 1.54) is 12.8 Å². The molecule has 3 N–H and O–H groups in total. The summed E-state index contributed by atoms with van der Waals surface area (Å²) in [7, 11) is 0. The van der Waals surface area contributed by atoms with Crippen LogP contribution < -0.4 is 15.6 Å². The van der Waals surface area contributed by atoms with Gasteiger partial charge in [-0.05, 0) is 67.5 Å². The van der Waals surface area contributed by atoms with Gasteiger partial charge in [-0.1, -0.05) is 18.9 Å². The average molecular weight is 405 g/mol. The number of pyridine rings is 2. The molecule has 0 radical (unpaired) electrons. The van der Waals surface area contributed by atoms with E-state index in [2.05, 4.69) is 16.4 Å². The molecule has 6 heteroatoms. The van der Waals surface area contributed by atoms with Crippen LogP contribution in [0.5, 0.6) is 11.5 Å². The summed E-state index contributed by atoms with van der Waals surface area (Å²) in [4.78, 5) is 19.6. The average Bonchev–Trinajstić information content (AvgIpc) is 3.58. The van der Waals surface area contributed by atoms with Crippen molar-refractivity contribution in [2.24, 2.45) is 5.92 Å². The number of aromatic hydroxyl groups is 1. The summed E-state index contributed by atoms with van der Waals surface area (Å²) in [5.41, 5.74) is 2.73. The highest BCUT2D eigenvalue weighted by Gasteiger charge is 2.23. The maximum Gasteiger partial charge on any atom is 0.249 e. The van der Waals surface area contributed by atoms with Crippen molar-refractivity contribution in [2.75, 3.05) is 19.7 Å². The summed E-state index contributed by atoms with van der Waals surface area (Å²) in [5.74, 6) is 1.88. The largest absolute Gasteiger partial charge is 0.507 e. The van der Waals surface area contributed by atoms with Crippen molar-refractivity contribution in [3.05, 3.63) is 52.3 Å². The molecule has 0 spiro atoms. The zero-order valence-corrected chi connectivity index (χ0v) is 17.0. The molecule has 6 nitrogen and oxygen atoms in total. The second kappa shape index (κ2) is 8.11. The van der Waals surface area contributed by atoms with Gasteiger partial charge in [0.1, 0.15) is 17.1 Å². The number of nitrogens with one attached hydrogen (secondary N) is 2. The lowest BCUT2D eigenvalue weighted by Crippen LogP contribution is -2.28. The molecule has 1 aliphatic carbocycles. The van der Waals surface area contributed by atoms with E-state index in [0.29, 0.717) is 35.2 Å². The van der Waals surface area contributed by atoms with E-state index >= 15 is 0 Å². The summed E-state index contributed by atoms with van der Waals surface area (Å²) >= 11 is 0. The van der Waals surface area contributed by atoms with E-state index in [1.54, 1.807) is 18.2 Å². The Balaban J connectivity index is 1.60. The SMILES string of the molecule is O=c1ccc2c(C3CCCNC3)cc(-c3c(O)cccc3OCCC3CC3)nc2[nH]1. The van der Waals surface area contributed by atoms with E-state index < -0.39 is 0 Å². The minimum Gasteiger partial charge on any atom is -0.507 e. The van der Waals surface area contributed by atoms with Crippen LogP contribution in [0.1, 0.15) is 43.6 Å². The molecule has 3 heterocycles. The maximum absolute atomic E-state index is 12.0. The molecule has 30 heavy (non-hydrogen) atoms. The Hall–Kier alpha value is -2.86. The van der Waals surface area contributed by atoms with Crippen LogP contribution in [-0.4, -0.2) is 34.8 Å². The topological polar surface area (TPSA) is 87.2 Å². The highest BCUT2D eigenvalue weighted by atomic mass is 16.5. The van der Waals surface area contributed by atoms with E-state index in [1.807, 2.05) is 12.1 Å². The lowest BCUT2D eigenvalue weighted by Gasteiger charge is -2.25. The van der Waals surface area contributed by atoms with Crippen molar-refractivity contribution in [1.82, 2.24) is 15.3 Å². The van der Waals surface area contributed by atoms with Gasteiger partial charge < -0.3 is 20.1 Å². The highest BCUT2D eigenvalue weighted by Crippen LogP contribution is 2.40. The zero-order chi connectivity index (χ0) is 20.5. The molecule has 156 valence electrons. The molecule has 0 bridgehead atoms. The fourth-order valence-corrected chi connectivity index (χ4v) is 4.39. The van der Waals surface area contributed by atoms with Gasteiger partial charge in [-0.3, -0.25) is 4.79 Å². The number of nitrogens with zero attached hydrogens (tertiary/aromatic N) is 1. The van der Waals surface area contributed by atoms with Gasteiger partial charge in [-0.15, -0.1) is 0 Å². The van der Waals surface area contributed by atoms with Gasteiger partial charge in [0.25, 0.3) is 0 Å².